The molecule has 6 heteroatoms. The van der Waals surface area contributed by atoms with Gasteiger partial charge in [0.05, 0.1) is 11.3 Å². The molecule has 140 valence electrons. The first-order valence-corrected chi connectivity index (χ1v) is 9.36. The van der Waals surface area contributed by atoms with Crippen molar-refractivity contribution >= 4 is 16.8 Å². The van der Waals surface area contributed by atoms with E-state index in [0.717, 1.165) is 24.8 Å². The average molecular weight is 366 g/mol. The van der Waals surface area contributed by atoms with E-state index >= 15 is 0 Å². The molecular weight excluding hydrogens is 343 g/mol. The summed E-state index contributed by atoms with van der Waals surface area (Å²) in [6.07, 6.45) is 4.16. The molecule has 1 aromatic heterocycles. The normalized spacial score (nSPS) is 18.1. The first-order valence-electron chi connectivity index (χ1n) is 9.36. The van der Waals surface area contributed by atoms with E-state index in [1.165, 1.54) is 31.0 Å². The fraction of sp³-hybridized carbons (Fsp3) is 0.333. The Morgan fingerprint density at radius 3 is 2.78 bits per heavy atom. The molecule has 5 nitrogen and oxygen atoms in total. The molecule has 1 amide bonds. The molecule has 1 saturated heterocycles. The molecule has 0 spiro atoms. The first kappa shape index (κ1) is 17.7. The summed E-state index contributed by atoms with van der Waals surface area (Å²) in [6.45, 7) is 5.58. The maximum absolute atomic E-state index is 13.7. The van der Waals surface area contributed by atoms with E-state index in [4.69, 9.17) is 5.73 Å². The summed E-state index contributed by atoms with van der Waals surface area (Å²) in [7, 11) is 0. The number of aromatic nitrogens is 2. The van der Waals surface area contributed by atoms with Gasteiger partial charge in [-0.25, -0.2) is 9.07 Å². The number of piperidine rings is 1. The van der Waals surface area contributed by atoms with Crippen LogP contribution >= 0.6 is 0 Å². The zero-order valence-electron chi connectivity index (χ0n) is 15.4. The summed E-state index contributed by atoms with van der Waals surface area (Å²) >= 11 is 0. The number of likely N-dealkylation sites (tertiary alicyclic amines) is 1. The fourth-order valence-electron chi connectivity index (χ4n) is 3.93. The minimum Gasteiger partial charge on any atom is -0.366 e. The predicted octanol–water partition coefficient (Wildman–Crippen LogP) is 3.46. The Balaban J connectivity index is 1.64. The molecule has 0 aliphatic carbocycles. The van der Waals surface area contributed by atoms with Crippen molar-refractivity contribution in [2.75, 3.05) is 19.6 Å². The number of amides is 1. The monoisotopic (exact) mass is 366 g/mol. The third-order valence-corrected chi connectivity index (χ3v) is 5.42. The molecule has 1 aliphatic heterocycles. The number of carbonyl (C=O) groups is 1. The van der Waals surface area contributed by atoms with Gasteiger partial charge in [-0.1, -0.05) is 19.1 Å². The van der Waals surface area contributed by atoms with Crippen LogP contribution in [0.1, 0.15) is 41.6 Å². The minimum absolute atomic E-state index is 0.0993. The largest absolute Gasteiger partial charge is 0.366 e. The van der Waals surface area contributed by atoms with E-state index in [1.54, 1.807) is 10.9 Å². The maximum Gasteiger partial charge on any atom is 0.251 e. The zero-order chi connectivity index (χ0) is 19.0. The highest BCUT2D eigenvalue weighted by Gasteiger charge is 2.20. The Morgan fingerprint density at radius 1 is 1.30 bits per heavy atom. The van der Waals surface area contributed by atoms with Crippen LogP contribution < -0.4 is 5.73 Å². The predicted molar refractivity (Wildman–Crippen MR) is 104 cm³/mol. The number of primary amides is 1. The molecule has 0 bridgehead atoms. The minimum atomic E-state index is -0.683. The topological polar surface area (TPSA) is 64.2 Å². The lowest BCUT2D eigenvalue weighted by molar-refractivity contribution is 0.100. The molecule has 1 atom stereocenters. The summed E-state index contributed by atoms with van der Waals surface area (Å²) < 4.78 is 15.4. The van der Waals surface area contributed by atoms with Gasteiger partial charge in [-0.15, -0.1) is 0 Å². The van der Waals surface area contributed by atoms with E-state index in [0.29, 0.717) is 16.8 Å². The van der Waals surface area contributed by atoms with Crippen molar-refractivity contribution in [3.05, 3.63) is 59.5 Å². The second kappa shape index (κ2) is 7.12. The third-order valence-electron chi connectivity index (χ3n) is 5.42. The van der Waals surface area contributed by atoms with Crippen molar-refractivity contribution < 1.29 is 9.18 Å². The van der Waals surface area contributed by atoms with Crippen molar-refractivity contribution in [3.63, 3.8) is 0 Å². The number of rotatable bonds is 4. The lowest BCUT2D eigenvalue weighted by Gasteiger charge is -2.32. The van der Waals surface area contributed by atoms with Gasteiger partial charge in [0, 0.05) is 18.1 Å². The number of hydrogen-bond donors (Lipinski definition) is 1. The van der Waals surface area contributed by atoms with Crippen molar-refractivity contribution in [2.45, 2.75) is 25.7 Å². The first-order chi connectivity index (χ1) is 13.0. The second-order valence-corrected chi connectivity index (χ2v) is 7.15. The Labute approximate surface area is 157 Å². The Kier molecular flexibility index (Phi) is 4.66. The Morgan fingerprint density at radius 2 is 2.07 bits per heavy atom. The summed E-state index contributed by atoms with van der Waals surface area (Å²) in [5.74, 6) is -0.623. The molecule has 4 rings (SSSR count). The molecule has 0 radical (unpaired) electrons. The van der Waals surface area contributed by atoms with Crippen LogP contribution in [-0.4, -0.2) is 40.2 Å². The third kappa shape index (κ3) is 3.45. The van der Waals surface area contributed by atoms with Crippen LogP contribution in [0.2, 0.25) is 0 Å². The van der Waals surface area contributed by atoms with Crippen molar-refractivity contribution in [2.24, 2.45) is 5.73 Å². The standard InChI is InChI=1S/C21H23FN4O/c1-2-25-9-3-4-15(12-25)14-5-7-18(8-6-14)26-13-16-10-17(22)11-19(21(23)27)20(16)24-26/h5-8,10-11,13,15H,2-4,9,12H2,1H3,(H2,23,27). The van der Waals surface area contributed by atoms with Crippen LogP contribution in [0.4, 0.5) is 4.39 Å². The van der Waals surface area contributed by atoms with Crippen LogP contribution in [-0.2, 0) is 0 Å². The molecule has 2 aromatic carbocycles. The summed E-state index contributed by atoms with van der Waals surface area (Å²) in [5, 5.41) is 5.01. The zero-order valence-corrected chi connectivity index (χ0v) is 15.4. The fourth-order valence-corrected chi connectivity index (χ4v) is 3.93. The van der Waals surface area contributed by atoms with Crippen LogP contribution in [0, 0.1) is 5.82 Å². The van der Waals surface area contributed by atoms with Gasteiger partial charge in [-0.3, -0.25) is 4.79 Å². The van der Waals surface area contributed by atoms with Crippen LogP contribution in [0.15, 0.2) is 42.6 Å². The van der Waals surface area contributed by atoms with Crippen LogP contribution in [0.5, 0.6) is 0 Å². The van der Waals surface area contributed by atoms with Gasteiger partial charge in [0.1, 0.15) is 11.3 Å². The highest BCUT2D eigenvalue weighted by atomic mass is 19.1. The maximum atomic E-state index is 13.7. The molecular formula is C21H23FN4O. The molecule has 1 aliphatic rings. The smallest absolute Gasteiger partial charge is 0.251 e. The van der Waals surface area contributed by atoms with Gasteiger partial charge in [0.25, 0.3) is 5.91 Å². The van der Waals surface area contributed by atoms with Gasteiger partial charge >= 0.3 is 0 Å². The van der Waals surface area contributed by atoms with Gasteiger partial charge in [-0.05, 0) is 61.7 Å². The van der Waals surface area contributed by atoms with Gasteiger partial charge in [-0.2, -0.15) is 5.10 Å². The molecule has 27 heavy (non-hydrogen) atoms. The molecule has 3 aromatic rings. The number of nitrogens with zero attached hydrogens (tertiary/aromatic N) is 3. The summed E-state index contributed by atoms with van der Waals surface area (Å²) in [6, 6.07) is 10.8. The molecule has 0 saturated carbocycles. The van der Waals surface area contributed by atoms with Crippen molar-refractivity contribution in [3.8, 4) is 5.69 Å². The average Bonchev–Trinajstić information content (AvgIpc) is 3.11. The highest BCUT2D eigenvalue weighted by molar-refractivity contribution is 6.04. The van der Waals surface area contributed by atoms with Gasteiger partial charge < -0.3 is 10.6 Å². The van der Waals surface area contributed by atoms with E-state index in [2.05, 4.69) is 29.1 Å². The Bertz CT molecular complexity index is 980. The lowest BCUT2D eigenvalue weighted by atomic mass is 9.90. The van der Waals surface area contributed by atoms with E-state index < -0.39 is 11.7 Å². The number of fused-ring (bicyclic) bond motifs is 1. The SMILES string of the molecule is CCN1CCCC(c2ccc(-n3cc4cc(F)cc(C(N)=O)c4n3)cc2)C1. The number of likely N-dealkylation sites (N-methyl/N-ethyl adjacent to an activating group) is 1. The van der Waals surface area contributed by atoms with Crippen molar-refractivity contribution in [1.82, 2.24) is 14.7 Å². The quantitative estimate of drug-likeness (QED) is 0.769. The summed E-state index contributed by atoms with van der Waals surface area (Å²) in [4.78, 5) is 14.1. The highest BCUT2D eigenvalue weighted by Crippen LogP contribution is 2.28. The second-order valence-electron chi connectivity index (χ2n) is 7.15. The van der Waals surface area contributed by atoms with Crippen LogP contribution in [0.25, 0.3) is 16.6 Å². The van der Waals surface area contributed by atoms with Gasteiger partial charge in [0.15, 0.2) is 0 Å². The number of benzene rings is 2. The number of carbonyl (C=O) groups excluding carboxylic acids is 1. The number of halogens is 1. The Hall–Kier alpha value is -2.73. The molecule has 1 fully saturated rings. The number of hydrogen-bond acceptors (Lipinski definition) is 3. The van der Waals surface area contributed by atoms with Gasteiger partial charge in [0.2, 0.25) is 0 Å². The summed E-state index contributed by atoms with van der Waals surface area (Å²) in [5.41, 5.74) is 8.08. The van der Waals surface area contributed by atoms with Crippen molar-refractivity contribution in [1.29, 1.82) is 0 Å². The van der Waals surface area contributed by atoms with Crippen LogP contribution in [0.3, 0.4) is 0 Å². The molecule has 2 heterocycles. The van der Waals surface area contributed by atoms with E-state index in [1.807, 2.05) is 12.1 Å². The molecule has 2 N–H and O–H groups in total. The van der Waals surface area contributed by atoms with E-state index in [9.17, 15) is 9.18 Å². The lowest BCUT2D eigenvalue weighted by Crippen LogP contribution is -2.34. The number of nitrogens with two attached hydrogens (primary N) is 1. The van der Waals surface area contributed by atoms with E-state index in [-0.39, 0.29) is 5.56 Å². The molecule has 1 unspecified atom stereocenters.